The average Bonchev–Trinajstić information content (AvgIpc) is 2.92. The van der Waals surface area contributed by atoms with Crippen molar-refractivity contribution in [1.82, 2.24) is 14.1 Å². The highest BCUT2D eigenvalue weighted by molar-refractivity contribution is 7.89. The van der Waals surface area contributed by atoms with E-state index in [1.54, 1.807) is 42.5 Å². The van der Waals surface area contributed by atoms with E-state index in [1.165, 1.54) is 16.4 Å². The van der Waals surface area contributed by atoms with Crippen molar-refractivity contribution in [3.05, 3.63) is 96.1 Å². The first-order valence-corrected chi connectivity index (χ1v) is 13.7. The lowest BCUT2D eigenvalue weighted by Gasteiger charge is -2.32. The minimum atomic E-state index is -3.87. The second kappa shape index (κ2) is 12.1. The lowest BCUT2D eigenvalue weighted by molar-refractivity contribution is -0.116. The van der Waals surface area contributed by atoms with Crippen molar-refractivity contribution in [3.63, 3.8) is 0 Å². The highest BCUT2D eigenvalue weighted by atomic mass is 32.2. The molecule has 8 nitrogen and oxygen atoms in total. The molecule has 0 aliphatic carbocycles. The van der Waals surface area contributed by atoms with Gasteiger partial charge in [0.05, 0.1) is 11.4 Å². The van der Waals surface area contributed by atoms with E-state index in [4.69, 9.17) is 0 Å². The van der Waals surface area contributed by atoms with Crippen LogP contribution in [0.2, 0.25) is 0 Å². The van der Waals surface area contributed by atoms with E-state index in [2.05, 4.69) is 10.2 Å². The van der Waals surface area contributed by atoms with Gasteiger partial charge in [-0.05, 0) is 55.4 Å². The van der Waals surface area contributed by atoms with Crippen molar-refractivity contribution in [2.75, 3.05) is 51.6 Å². The quantitative estimate of drug-likeness (QED) is 0.469. The number of piperazine rings is 1. The maximum atomic E-state index is 13.3. The maximum absolute atomic E-state index is 13.3. The number of carbonyl (C=O) groups is 2. The van der Waals surface area contributed by atoms with Crippen LogP contribution in [0.15, 0.2) is 89.8 Å². The molecule has 0 saturated carbocycles. The van der Waals surface area contributed by atoms with Gasteiger partial charge >= 0.3 is 0 Å². The summed E-state index contributed by atoms with van der Waals surface area (Å²) in [5.74, 6) is -0.488. The number of amides is 2. The predicted octanol–water partition coefficient (Wildman–Crippen LogP) is 2.95. The molecule has 1 heterocycles. The van der Waals surface area contributed by atoms with Gasteiger partial charge in [-0.25, -0.2) is 8.42 Å². The number of hydrogen-bond donors (Lipinski definition) is 1. The zero-order valence-corrected chi connectivity index (χ0v) is 21.7. The Morgan fingerprint density at radius 3 is 2.05 bits per heavy atom. The first-order chi connectivity index (χ1) is 17.8. The van der Waals surface area contributed by atoms with Crippen LogP contribution >= 0.6 is 0 Å². The second-order valence-electron chi connectivity index (χ2n) is 9.11. The van der Waals surface area contributed by atoms with Crippen LogP contribution in [0.3, 0.4) is 0 Å². The number of anilines is 1. The number of nitrogens with one attached hydrogen (secondary N) is 1. The second-order valence-corrected chi connectivity index (χ2v) is 11.0. The Morgan fingerprint density at radius 2 is 1.43 bits per heavy atom. The molecule has 1 aliphatic heterocycles. The topological polar surface area (TPSA) is 90.0 Å². The summed E-state index contributed by atoms with van der Waals surface area (Å²) in [6, 6.07) is 24.4. The molecule has 9 heteroatoms. The number of sulfonamides is 1. The smallest absolute Gasteiger partial charge is 0.253 e. The Labute approximate surface area is 218 Å². The summed E-state index contributed by atoms with van der Waals surface area (Å²) in [7, 11) is -1.84. The Hall–Kier alpha value is -3.53. The first-order valence-electron chi connectivity index (χ1n) is 12.3. The van der Waals surface area contributed by atoms with Crippen molar-refractivity contribution in [3.8, 4) is 0 Å². The monoisotopic (exact) mass is 520 g/mol. The third kappa shape index (κ3) is 7.03. The van der Waals surface area contributed by atoms with E-state index in [1.807, 2.05) is 42.3 Å². The van der Waals surface area contributed by atoms with Gasteiger partial charge in [-0.3, -0.25) is 9.59 Å². The average molecular weight is 521 g/mol. The zero-order chi connectivity index (χ0) is 26.3. The molecular weight excluding hydrogens is 488 g/mol. The molecule has 1 aliphatic rings. The summed E-state index contributed by atoms with van der Waals surface area (Å²) in [6.07, 6.45) is 0.475. The molecule has 2 amide bonds. The van der Waals surface area contributed by atoms with Crippen LogP contribution in [0.1, 0.15) is 15.9 Å². The van der Waals surface area contributed by atoms with Gasteiger partial charge in [0.1, 0.15) is 0 Å². The van der Waals surface area contributed by atoms with E-state index < -0.39 is 15.9 Å². The highest BCUT2D eigenvalue weighted by Crippen LogP contribution is 2.17. The number of nitrogens with zero attached hydrogens (tertiary/aromatic N) is 3. The molecule has 0 bridgehead atoms. The van der Waals surface area contributed by atoms with Crippen LogP contribution in [0, 0.1) is 0 Å². The molecular formula is C28H32N4O4S. The largest absolute Gasteiger partial charge is 0.336 e. The molecule has 1 saturated heterocycles. The molecule has 4 rings (SSSR count). The van der Waals surface area contributed by atoms with Crippen LogP contribution in [0.25, 0.3) is 0 Å². The van der Waals surface area contributed by atoms with Crippen molar-refractivity contribution >= 4 is 27.5 Å². The molecule has 0 atom stereocenters. The molecule has 0 unspecified atom stereocenters. The summed E-state index contributed by atoms with van der Waals surface area (Å²) in [6.45, 7) is 2.88. The SMILES string of the molecule is CN1CCN(C(=O)c2ccc(NC(=O)CN(CCc3ccccc3)S(=O)(=O)c3ccccc3)cc2)CC1. The van der Waals surface area contributed by atoms with Crippen molar-refractivity contribution in [1.29, 1.82) is 0 Å². The normalized spacial score (nSPS) is 14.5. The number of hydrogen-bond acceptors (Lipinski definition) is 5. The van der Waals surface area contributed by atoms with Gasteiger partial charge in [0.2, 0.25) is 15.9 Å². The molecule has 0 spiro atoms. The third-order valence-electron chi connectivity index (χ3n) is 6.40. The predicted molar refractivity (Wildman–Crippen MR) is 144 cm³/mol. The van der Waals surface area contributed by atoms with Crippen LogP contribution in [0.4, 0.5) is 5.69 Å². The summed E-state index contributed by atoms with van der Waals surface area (Å²) in [4.78, 5) is 29.8. The molecule has 0 aromatic heterocycles. The Kier molecular flexibility index (Phi) is 8.70. The number of benzene rings is 3. The lowest BCUT2D eigenvalue weighted by atomic mass is 10.1. The van der Waals surface area contributed by atoms with Gasteiger partial charge in [-0.2, -0.15) is 4.31 Å². The molecule has 194 valence electrons. The maximum Gasteiger partial charge on any atom is 0.253 e. The minimum absolute atomic E-state index is 0.0352. The Balaban J connectivity index is 1.42. The van der Waals surface area contributed by atoms with Crippen LogP contribution in [-0.2, 0) is 21.2 Å². The fourth-order valence-electron chi connectivity index (χ4n) is 4.17. The molecule has 3 aromatic rings. The summed E-state index contributed by atoms with van der Waals surface area (Å²) in [5, 5.41) is 2.77. The zero-order valence-electron chi connectivity index (χ0n) is 20.9. The molecule has 1 fully saturated rings. The van der Waals surface area contributed by atoms with Gasteiger partial charge in [-0.1, -0.05) is 48.5 Å². The highest BCUT2D eigenvalue weighted by Gasteiger charge is 2.26. The van der Waals surface area contributed by atoms with Gasteiger partial charge in [0.15, 0.2) is 0 Å². The van der Waals surface area contributed by atoms with Crippen molar-refractivity contribution < 1.29 is 18.0 Å². The molecule has 37 heavy (non-hydrogen) atoms. The van der Waals surface area contributed by atoms with E-state index in [0.717, 1.165) is 18.7 Å². The Morgan fingerprint density at radius 1 is 0.838 bits per heavy atom. The Bertz CT molecular complexity index is 1290. The molecule has 0 radical (unpaired) electrons. The van der Waals surface area contributed by atoms with Crippen LogP contribution in [0.5, 0.6) is 0 Å². The summed E-state index contributed by atoms with van der Waals surface area (Å²) in [5.41, 5.74) is 2.04. The fraction of sp³-hybridized carbons (Fsp3) is 0.286. The molecule has 1 N–H and O–H groups in total. The lowest BCUT2D eigenvalue weighted by Crippen LogP contribution is -2.47. The van der Waals surface area contributed by atoms with Crippen molar-refractivity contribution in [2.24, 2.45) is 0 Å². The van der Waals surface area contributed by atoms with Crippen molar-refractivity contribution in [2.45, 2.75) is 11.3 Å². The van der Waals surface area contributed by atoms with E-state index in [9.17, 15) is 18.0 Å². The van der Waals surface area contributed by atoms with Gasteiger partial charge in [0, 0.05) is 44.0 Å². The fourth-order valence-corrected chi connectivity index (χ4v) is 5.59. The number of likely N-dealkylation sites (N-methyl/N-ethyl adjacent to an activating group) is 1. The molecule has 3 aromatic carbocycles. The number of rotatable bonds is 9. The van der Waals surface area contributed by atoms with E-state index in [0.29, 0.717) is 30.8 Å². The minimum Gasteiger partial charge on any atom is -0.336 e. The summed E-state index contributed by atoms with van der Waals surface area (Å²) >= 11 is 0. The van der Waals surface area contributed by atoms with Gasteiger partial charge in [-0.15, -0.1) is 0 Å². The summed E-state index contributed by atoms with van der Waals surface area (Å²) < 4.78 is 27.9. The van der Waals surface area contributed by atoms with E-state index in [-0.39, 0.29) is 23.9 Å². The van der Waals surface area contributed by atoms with Gasteiger partial charge in [0.25, 0.3) is 5.91 Å². The third-order valence-corrected chi connectivity index (χ3v) is 8.26. The number of carbonyl (C=O) groups excluding carboxylic acids is 2. The van der Waals surface area contributed by atoms with E-state index >= 15 is 0 Å². The van der Waals surface area contributed by atoms with Crippen LogP contribution in [-0.4, -0.2) is 80.7 Å². The first kappa shape index (κ1) is 26.5. The van der Waals surface area contributed by atoms with Crippen LogP contribution < -0.4 is 5.32 Å². The van der Waals surface area contributed by atoms with Gasteiger partial charge < -0.3 is 15.1 Å². The standard InChI is InChI=1S/C28H32N4O4S/c1-30-18-20-31(21-19-30)28(34)24-12-14-25(15-13-24)29-27(33)22-32(17-16-23-8-4-2-5-9-23)37(35,36)26-10-6-3-7-11-26/h2-15H,16-22H2,1H3,(H,29,33).